The number of methoxy groups -OCH3 is 2. The van der Waals surface area contributed by atoms with Crippen LogP contribution in [0.15, 0.2) is 24.4 Å². The van der Waals surface area contributed by atoms with Gasteiger partial charge in [-0.15, -0.1) is 0 Å². The number of rotatable bonds is 7. The maximum atomic E-state index is 6.65. The van der Waals surface area contributed by atoms with Crippen LogP contribution in [0, 0.1) is 0 Å². The Labute approximate surface area is 234 Å². The summed E-state index contributed by atoms with van der Waals surface area (Å²) in [6, 6.07) is 5.37. The second kappa shape index (κ2) is 13.5. The van der Waals surface area contributed by atoms with Crippen LogP contribution in [0.4, 0.5) is 11.6 Å². The molecule has 38 heavy (non-hydrogen) atoms. The second-order valence-electron chi connectivity index (χ2n) is 9.36. The molecule has 2 aliphatic heterocycles. The molecule has 11 heteroatoms. The first-order chi connectivity index (χ1) is 18.4. The molecule has 206 valence electrons. The Morgan fingerprint density at radius 3 is 2.24 bits per heavy atom. The van der Waals surface area contributed by atoms with Crippen LogP contribution in [0.1, 0.15) is 12.8 Å². The van der Waals surface area contributed by atoms with Crippen LogP contribution in [0.2, 0.25) is 10.0 Å². The molecule has 0 spiro atoms. The zero-order chi connectivity index (χ0) is 27.1. The van der Waals surface area contributed by atoms with Crippen molar-refractivity contribution < 1.29 is 14.2 Å². The van der Waals surface area contributed by atoms with Crippen molar-refractivity contribution in [2.45, 2.75) is 12.8 Å². The third-order valence-electron chi connectivity index (χ3n) is 6.71. The third-order valence-corrected chi connectivity index (χ3v) is 7.46. The van der Waals surface area contributed by atoms with E-state index in [-0.39, 0.29) is 0 Å². The predicted octanol–water partition coefficient (Wildman–Crippen LogP) is 4.66. The molecule has 2 saturated heterocycles. The molecule has 0 radical (unpaired) electrons. The first-order valence-electron chi connectivity index (χ1n) is 12.8. The number of likely N-dealkylation sites (N-methyl/N-ethyl adjacent to an activating group) is 1. The standard InChI is InChI=1S/C23H28Cl2N6O2.C4H8O/c1-30-6-8-31(9-7-30)5-4-27-23-15-11-19(26)28-13-14(15)10-16(29-23)20-21(24)17(32-2)12-18(33-3)22(20)25;1-2-4-5-3-1/h10-13H,4-9H2,1-3H3,(H2,26,28)(H,27,29);1-4H2. The fraction of sp³-hybridized carbons (Fsp3) is 0.481. The van der Waals surface area contributed by atoms with Crippen molar-refractivity contribution in [3.63, 3.8) is 0 Å². The minimum absolute atomic E-state index is 0.363. The van der Waals surface area contributed by atoms with Gasteiger partial charge >= 0.3 is 0 Å². The Hall–Kier alpha value is -2.56. The molecule has 1 aromatic carbocycles. The molecule has 3 aromatic rings. The molecule has 0 bridgehead atoms. The first kappa shape index (κ1) is 28.4. The lowest BCUT2D eigenvalue weighted by Gasteiger charge is -2.32. The minimum Gasteiger partial charge on any atom is -0.495 e. The highest BCUT2D eigenvalue weighted by atomic mass is 35.5. The highest BCUT2D eigenvalue weighted by Crippen LogP contribution is 2.46. The number of hydrogen-bond donors (Lipinski definition) is 2. The maximum Gasteiger partial charge on any atom is 0.141 e. The van der Waals surface area contributed by atoms with Crippen LogP contribution in [0.25, 0.3) is 22.0 Å². The number of piperazine rings is 1. The van der Waals surface area contributed by atoms with E-state index in [0.29, 0.717) is 44.4 Å². The second-order valence-corrected chi connectivity index (χ2v) is 10.1. The van der Waals surface area contributed by atoms with Gasteiger partial charge in [0.15, 0.2) is 0 Å². The van der Waals surface area contributed by atoms with Crippen LogP contribution in [0.5, 0.6) is 11.5 Å². The minimum atomic E-state index is 0.363. The Morgan fingerprint density at radius 1 is 1.00 bits per heavy atom. The number of nitrogens with zero attached hydrogens (tertiary/aromatic N) is 4. The number of ether oxygens (including phenoxy) is 3. The number of anilines is 2. The fourth-order valence-electron chi connectivity index (χ4n) is 4.45. The summed E-state index contributed by atoms with van der Waals surface area (Å²) in [6.07, 6.45) is 4.28. The quantitative estimate of drug-likeness (QED) is 0.426. The van der Waals surface area contributed by atoms with E-state index >= 15 is 0 Å². The van der Waals surface area contributed by atoms with Gasteiger partial charge in [0.25, 0.3) is 0 Å². The number of benzene rings is 1. The summed E-state index contributed by atoms with van der Waals surface area (Å²) in [7, 11) is 5.24. The molecule has 0 saturated carbocycles. The van der Waals surface area contributed by atoms with Gasteiger partial charge in [-0.25, -0.2) is 9.97 Å². The van der Waals surface area contributed by atoms with Crippen molar-refractivity contribution >= 4 is 45.6 Å². The third kappa shape index (κ3) is 6.90. The number of nitrogen functional groups attached to an aromatic ring is 1. The van der Waals surface area contributed by atoms with Gasteiger partial charge in [-0.2, -0.15) is 0 Å². The van der Waals surface area contributed by atoms with E-state index < -0.39 is 0 Å². The van der Waals surface area contributed by atoms with Gasteiger partial charge in [-0.05, 0) is 32.0 Å². The molecule has 0 amide bonds. The largest absolute Gasteiger partial charge is 0.495 e. The van der Waals surface area contributed by atoms with Crippen molar-refractivity contribution in [2.75, 3.05) is 84.8 Å². The summed E-state index contributed by atoms with van der Waals surface area (Å²) in [6.45, 7) is 7.91. The maximum absolute atomic E-state index is 6.65. The summed E-state index contributed by atoms with van der Waals surface area (Å²) in [4.78, 5) is 13.9. The molecule has 2 aliphatic rings. The van der Waals surface area contributed by atoms with Crippen molar-refractivity contribution in [1.82, 2.24) is 19.8 Å². The summed E-state index contributed by atoms with van der Waals surface area (Å²) < 4.78 is 15.8. The van der Waals surface area contributed by atoms with E-state index in [9.17, 15) is 0 Å². The summed E-state index contributed by atoms with van der Waals surface area (Å²) in [5.74, 6) is 2.03. The van der Waals surface area contributed by atoms with E-state index in [0.717, 1.165) is 63.3 Å². The first-order valence-corrected chi connectivity index (χ1v) is 13.6. The van der Waals surface area contributed by atoms with Crippen molar-refractivity contribution in [3.05, 3.63) is 34.4 Å². The number of fused-ring (bicyclic) bond motifs is 1. The highest BCUT2D eigenvalue weighted by molar-refractivity contribution is 6.41. The Kier molecular flexibility index (Phi) is 10.1. The van der Waals surface area contributed by atoms with E-state index in [1.807, 2.05) is 12.1 Å². The van der Waals surface area contributed by atoms with Gasteiger partial charge < -0.3 is 30.2 Å². The van der Waals surface area contributed by atoms with Crippen LogP contribution < -0.4 is 20.5 Å². The molecule has 4 heterocycles. The number of halogens is 2. The monoisotopic (exact) mass is 562 g/mol. The van der Waals surface area contributed by atoms with Gasteiger partial charge in [0, 0.05) is 81.1 Å². The number of pyridine rings is 2. The summed E-state index contributed by atoms with van der Waals surface area (Å²) >= 11 is 13.3. The predicted molar refractivity (Wildman–Crippen MR) is 155 cm³/mol. The van der Waals surface area contributed by atoms with Crippen molar-refractivity contribution in [1.29, 1.82) is 0 Å². The zero-order valence-corrected chi connectivity index (χ0v) is 23.7. The Bertz CT molecular complexity index is 1200. The van der Waals surface area contributed by atoms with Gasteiger partial charge in [-0.3, -0.25) is 4.90 Å². The lowest BCUT2D eigenvalue weighted by Crippen LogP contribution is -2.45. The average molecular weight is 564 g/mol. The number of hydrogen-bond acceptors (Lipinski definition) is 9. The van der Waals surface area contributed by atoms with Gasteiger partial charge in [-0.1, -0.05) is 23.2 Å². The molecule has 3 N–H and O–H groups in total. The molecule has 2 fully saturated rings. The van der Waals surface area contributed by atoms with E-state index in [1.54, 1.807) is 26.5 Å². The molecular formula is C27H36Cl2N6O3. The smallest absolute Gasteiger partial charge is 0.141 e. The lowest BCUT2D eigenvalue weighted by atomic mass is 10.1. The Morgan fingerprint density at radius 2 is 1.66 bits per heavy atom. The van der Waals surface area contributed by atoms with Crippen molar-refractivity contribution in [2.24, 2.45) is 0 Å². The van der Waals surface area contributed by atoms with Crippen LogP contribution in [0.3, 0.4) is 0 Å². The van der Waals surface area contributed by atoms with Gasteiger partial charge in [0.1, 0.15) is 23.1 Å². The molecule has 0 atom stereocenters. The fourth-order valence-corrected chi connectivity index (χ4v) is 5.14. The topological polar surface area (TPSA) is 98.0 Å². The van der Waals surface area contributed by atoms with Gasteiger partial charge in [0.05, 0.1) is 30.0 Å². The van der Waals surface area contributed by atoms with E-state index in [2.05, 4.69) is 27.1 Å². The number of nitrogens with two attached hydrogens (primary N) is 1. The lowest BCUT2D eigenvalue weighted by molar-refractivity contribution is 0.158. The zero-order valence-electron chi connectivity index (χ0n) is 22.2. The average Bonchev–Trinajstić information content (AvgIpc) is 3.51. The molecule has 2 aromatic heterocycles. The molecule has 5 rings (SSSR count). The number of nitrogens with one attached hydrogen (secondary N) is 1. The highest BCUT2D eigenvalue weighted by Gasteiger charge is 2.21. The van der Waals surface area contributed by atoms with Crippen molar-refractivity contribution in [3.8, 4) is 22.8 Å². The van der Waals surface area contributed by atoms with E-state index in [1.165, 1.54) is 12.8 Å². The summed E-state index contributed by atoms with van der Waals surface area (Å²) in [5.41, 5.74) is 7.09. The van der Waals surface area contributed by atoms with Crippen LogP contribution in [-0.2, 0) is 4.74 Å². The summed E-state index contributed by atoms with van der Waals surface area (Å²) in [5, 5.41) is 5.95. The normalized spacial score (nSPS) is 16.2. The number of aromatic nitrogens is 2. The Balaban J connectivity index is 0.000000603. The molecular weight excluding hydrogens is 527 g/mol. The van der Waals surface area contributed by atoms with E-state index in [4.69, 9.17) is 48.1 Å². The molecule has 0 aliphatic carbocycles. The molecule has 9 nitrogen and oxygen atoms in total. The molecule has 0 unspecified atom stereocenters. The van der Waals surface area contributed by atoms with Gasteiger partial charge in [0.2, 0.25) is 0 Å². The SMILES string of the molecule is C1CCOC1.COc1cc(OC)c(Cl)c(-c2cc3cnc(N)cc3c(NCCN3CCN(C)CC3)n2)c1Cl. The van der Waals surface area contributed by atoms with Crippen LogP contribution >= 0.6 is 23.2 Å². The van der Waals surface area contributed by atoms with Crippen LogP contribution in [-0.4, -0.2) is 93.5 Å².